The highest BCUT2D eigenvalue weighted by Crippen LogP contribution is 2.23. The average molecular weight is 327 g/mol. The van der Waals surface area contributed by atoms with Crippen molar-refractivity contribution < 1.29 is 4.21 Å². The fourth-order valence-electron chi connectivity index (χ4n) is 2.63. The van der Waals surface area contributed by atoms with Gasteiger partial charge in [0.2, 0.25) is 0 Å². The lowest BCUT2D eigenvalue weighted by Crippen LogP contribution is -2.12. The van der Waals surface area contributed by atoms with Crippen LogP contribution >= 0.6 is 0 Å². The molecule has 0 aliphatic rings. The zero-order chi connectivity index (χ0) is 16.6. The molecule has 1 atom stereocenters. The Bertz CT molecular complexity index is 844. The summed E-state index contributed by atoms with van der Waals surface area (Å²) in [6.45, 7) is 4.13. The molecule has 0 fully saturated rings. The number of nitrogens with zero attached hydrogens (tertiary/aromatic N) is 2. The van der Waals surface area contributed by atoms with E-state index in [-0.39, 0.29) is 0 Å². The topological polar surface area (TPSA) is 49.0 Å². The van der Waals surface area contributed by atoms with Gasteiger partial charge in [-0.1, -0.05) is 18.2 Å². The fraction of sp³-hybridized carbons (Fsp3) is 0.278. The summed E-state index contributed by atoms with van der Waals surface area (Å²) in [6, 6.07) is 12.1. The SMILES string of the molecule is Cc1cc2nc(S(=O)Cc3ccccc3N(C)C)[nH]c2cc1C. The van der Waals surface area contributed by atoms with Crippen molar-refractivity contribution in [2.45, 2.75) is 24.8 Å². The first-order chi connectivity index (χ1) is 11.0. The molecule has 0 saturated carbocycles. The predicted octanol–water partition coefficient (Wildman–Crippen LogP) is 3.55. The molecule has 0 saturated heterocycles. The quantitative estimate of drug-likeness (QED) is 0.797. The first-order valence-corrected chi connectivity index (χ1v) is 8.88. The van der Waals surface area contributed by atoms with E-state index in [1.165, 1.54) is 11.1 Å². The van der Waals surface area contributed by atoms with E-state index in [9.17, 15) is 4.21 Å². The number of nitrogens with one attached hydrogen (secondary N) is 1. The molecule has 1 aromatic heterocycles. The zero-order valence-corrected chi connectivity index (χ0v) is 14.7. The first-order valence-electron chi connectivity index (χ1n) is 7.56. The molecule has 1 unspecified atom stereocenters. The van der Waals surface area contributed by atoms with E-state index in [2.05, 4.69) is 29.9 Å². The third-order valence-corrected chi connectivity index (χ3v) is 5.25. The van der Waals surface area contributed by atoms with Crippen LogP contribution in [0.25, 0.3) is 11.0 Å². The Hall–Kier alpha value is -2.14. The molecular formula is C18H21N3OS. The van der Waals surface area contributed by atoms with E-state index in [1.54, 1.807) is 0 Å². The predicted molar refractivity (Wildman–Crippen MR) is 96.4 cm³/mol. The molecule has 0 spiro atoms. The van der Waals surface area contributed by atoms with Gasteiger partial charge in [-0.25, -0.2) is 4.98 Å². The minimum atomic E-state index is -1.20. The van der Waals surface area contributed by atoms with Gasteiger partial charge in [0.1, 0.15) is 0 Å². The number of rotatable bonds is 4. The number of para-hydroxylation sites is 1. The Labute approximate surface area is 139 Å². The third kappa shape index (κ3) is 3.15. The molecule has 1 N–H and O–H groups in total. The number of fused-ring (bicyclic) bond motifs is 1. The molecule has 120 valence electrons. The van der Waals surface area contributed by atoms with Gasteiger partial charge in [-0.15, -0.1) is 0 Å². The van der Waals surface area contributed by atoms with Crippen molar-refractivity contribution in [3.63, 3.8) is 0 Å². The van der Waals surface area contributed by atoms with E-state index in [1.807, 2.05) is 49.3 Å². The van der Waals surface area contributed by atoms with E-state index in [4.69, 9.17) is 0 Å². The van der Waals surface area contributed by atoms with Crippen LogP contribution in [0.1, 0.15) is 16.7 Å². The highest BCUT2D eigenvalue weighted by Gasteiger charge is 2.14. The Kier molecular flexibility index (Phi) is 4.22. The molecule has 23 heavy (non-hydrogen) atoms. The van der Waals surface area contributed by atoms with Crippen LogP contribution in [0.2, 0.25) is 0 Å². The molecule has 4 nitrogen and oxygen atoms in total. The summed E-state index contributed by atoms with van der Waals surface area (Å²) >= 11 is 0. The van der Waals surface area contributed by atoms with Gasteiger partial charge in [0.25, 0.3) is 0 Å². The number of aromatic amines is 1. The molecule has 0 aliphatic heterocycles. The highest BCUT2D eigenvalue weighted by molar-refractivity contribution is 7.84. The van der Waals surface area contributed by atoms with Gasteiger partial charge in [-0.2, -0.15) is 0 Å². The largest absolute Gasteiger partial charge is 0.377 e. The highest BCUT2D eigenvalue weighted by atomic mass is 32.2. The van der Waals surface area contributed by atoms with Crippen LogP contribution < -0.4 is 4.90 Å². The van der Waals surface area contributed by atoms with Crippen LogP contribution in [0, 0.1) is 13.8 Å². The number of H-pyrrole nitrogens is 1. The lowest BCUT2D eigenvalue weighted by Gasteiger charge is -2.16. The number of aryl methyl sites for hydroxylation is 2. The van der Waals surface area contributed by atoms with Crippen molar-refractivity contribution in [1.82, 2.24) is 9.97 Å². The normalized spacial score (nSPS) is 12.5. The molecule has 5 heteroatoms. The Morgan fingerprint density at radius 3 is 2.57 bits per heavy atom. The second kappa shape index (κ2) is 6.16. The van der Waals surface area contributed by atoms with E-state index < -0.39 is 10.8 Å². The average Bonchev–Trinajstić information content (AvgIpc) is 2.91. The first kappa shape index (κ1) is 15.7. The molecule has 3 aromatic rings. The molecule has 0 aliphatic carbocycles. The lowest BCUT2D eigenvalue weighted by atomic mass is 10.1. The van der Waals surface area contributed by atoms with Crippen molar-refractivity contribution >= 4 is 27.5 Å². The summed E-state index contributed by atoms with van der Waals surface area (Å²) in [7, 11) is 2.79. The van der Waals surface area contributed by atoms with E-state index in [0.717, 1.165) is 22.3 Å². The summed E-state index contributed by atoms with van der Waals surface area (Å²) < 4.78 is 12.7. The van der Waals surface area contributed by atoms with Crippen LogP contribution in [0.3, 0.4) is 0 Å². The van der Waals surface area contributed by atoms with Gasteiger partial charge in [0.15, 0.2) is 5.16 Å². The maximum atomic E-state index is 12.7. The second-order valence-corrected chi connectivity index (χ2v) is 7.37. The van der Waals surface area contributed by atoms with Gasteiger partial charge in [-0.05, 0) is 48.7 Å². The molecule has 3 rings (SSSR count). The molecular weight excluding hydrogens is 306 g/mol. The van der Waals surface area contributed by atoms with E-state index >= 15 is 0 Å². The number of benzene rings is 2. The third-order valence-electron chi connectivity index (χ3n) is 4.05. The standard InChI is InChI=1S/C18H21N3OS/c1-12-9-15-16(10-13(12)2)20-18(19-15)23(22)11-14-7-5-6-8-17(14)21(3)4/h5-10H,11H2,1-4H3,(H,19,20). The van der Waals surface area contributed by atoms with Crippen molar-refractivity contribution in [1.29, 1.82) is 0 Å². The lowest BCUT2D eigenvalue weighted by molar-refractivity contribution is 0.677. The van der Waals surface area contributed by atoms with Crippen LogP contribution in [0.15, 0.2) is 41.6 Å². The molecule has 0 radical (unpaired) electrons. The number of imidazole rings is 1. The van der Waals surface area contributed by atoms with Gasteiger partial charge >= 0.3 is 0 Å². The van der Waals surface area contributed by atoms with Gasteiger partial charge in [-0.3, -0.25) is 4.21 Å². The Balaban J connectivity index is 1.92. The molecule has 0 amide bonds. The van der Waals surface area contributed by atoms with Crippen molar-refractivity contribution in [3.05, 3.63) is 53.1 Å². The summed E-state index contributed by atoms with van der Waals surface area (Å²) in [5.41, 5.74) is 6.36. The number of aromatic nitrogens is 2. The number of anilines is 1. The van der Waals surface area contributed by atoms with Crippen molar-refractivity contribution in [2.75, 3.05) is 19.0 Å². The summed E-state index contributed by atoms with van der Waals surface area (Å²) in [5, 5.41) is 0.540. The maximum absolute atomic E-state index is 12.7. The van der Waals surface area contributed by atoms with Crippen molar-refractivity contribution in [3.8, 4) is 0 Å². The molecule has 2 aromatic carbocycles. The van der Waals surface area contributed by atoms with Gasteiger partial charge in [0.05, 0.1) is 27.6 Å². The zero-order valence-electron chi connectivity index (χ0n) is 13.9. The Morgan fingerprint density at radius 1 is 1.13 bits per heavy atom. The minimum absolute atomic E-state index is 0.451. The van der Waals surface area contributed by atoms with E-state index in [0.29, 0.717) is 10.9 Å². The number of hydrogen-bond donors (Lipinski definition) is 1. The van der Waals surface area contributed by atoms with Gasteiger partial charge < -0.3 is 9.88 Å². The molecule has 0 bridgehead atoms. The second-order valence-electron chi connectivity index (χ2n) is 6.01. The van der Waals surface area contributed by atoms with Crippen LogP contribution in [0.5, 0.6) is 0 Å². The summed E-state index contributed by atoms with van der Waals surface area (Å²) in [4.78, 5) is 9.76. The van der Waals surface area contributed by atoms with Gasteiger partial charge in [0, 0.05) is 19.8 Å². The fourth-order valence-corrected chi connectivity index (χ4v) is 3.72. The maximum Gasteiger partial charge on any atom is 0.197 e. The minimum Gasteiger partial charge on any atom is -0.377 e. The monoisotopic (exact) mass is 327 g/mol. The van der Waals surface area contributed by atoms with Crippen LogP contribution in [-0.2, 0) is 16.6 Å². The molecule has 1 heterocycles. The van der Waals surface area contributed by atoms with Crippen LogP contribution in [0.4, 0.5) is 5.69 Å². The number of hydrogen-bond acceptors (Lipinski definition) is 3. The smallest absolute Gasteiger partial charge is 0.197 e. The van der Waals surface area contributed by atoms with Crippen molar-refractivity contribution in [2.24, 2.45) is 0 Å². The summed E-state index contributed by atoms with van der Waals surface area (Å²) in [5.74, 6) is 0.451. The Morgan fingerprint density at radius 2 is 1.83 bits per heavy atom. The van der Waals surface area contributed by atoms with Crippen LogP contribution in [-0.4, -0.2) is 28.3 Å². The summed E-state index contributed by atoms with van der Waals surface area (Å²) in [6.07, 6.45) is 0.